The van der Waals surface area contributed by atoms with Crippen molar-refractivity contribution in [1.82, 2.24) is 20.1 Å². The molecule has 0 bridgehead atoms. The van der Waals surface area contributed by atoms with E-state index in [0.29, 0.717) is 18.2 Å². The zero-order valence-electron chi connectivity index (χ0n) is 14.0. The normalized spacial score (nSPS) is 13.8. The van der Waals surface area contributed by atoms with E-state index in [1.54, 1.807) is 7.11 Å². The first-order valence-electron chi connectivity index (χ1n) is 8.17. The summed E-state index contributed by atoms with van der Waals surface area (Å²) in [6.45, 7) is 3.38. The molecule has 0 saturated heterocycles. The van der Waals surface area contributed by atoms with Crippen molar-refractivity contribution in [2.75, 3.05) is 12.9 Å². The fourth-order valence-electron chi connectivity index (χ4n) is 2.57. The number of methoxy groups -OCH3 is 1. The second kappa shape index (κ2) is 7.70. The molecule has 24 heavy (non-hydrogen) atoms. The molecule has 1 aliphatic carbocycles. The maximum Gasteiger partial charge on any atom is 0.230 e. The third-order valence-electron chi connectivity index (χ3n) is 4.01. The van der Waals surface area contributed by atoms with Crippen LogP contribution in [0.5, 0.6) is 5.75 Å². The Morgan fingerprint density at radius 2 is 2.17 bits per heavy atom. The SMILES string of the molecule is CCn1c(SCC(=O)NCc2ccccc2OC)nnc1C1CC1. The van der Waals surface area contributed by atoms with E-state index in [-0.39, 0.29) is 5.91 Å². The Balaban J connectivity index is 1.52. The van der Waals surface area contributed by atoms with Crippen molar-refractivity contribution in [3.8, 4) is 5.75 Å². The Morgan fingerprint density at radius 1 is 1.38 bits per heavy atom. The molecule has 1 fully saturated rings. The second-order valence-corrected chi connectivity index (χ2v) is 6.68. The predicted octanol–water partition coefficient (Wildman–Crippen LogP) is 2.59. The summed E-state index contributed by atoms with van der Waals surface area (Å²) in [4.78, 5) is 12.1. The van der Waals surface area contributed by atoms with E-state index in [4.69, 9.17) is 4.74 Å². The first-order chi connectivity index (χ1) is 11.7. The quantitative estimate of drug-likeness (QED) is 0.744. The third kappa shape index (κ3) is 3.90. The number of aromatic nitrogens is 3. The van der Waals surface area contributed by atoms with Gasteiger partial charge in [0.05, 0.1) is 12.9 Å². The third-order valence-corrected chi connectivity index (χ3v) is 4.97. The molecule has 1 N–H and O–H groups in total. The molecule has 1 aliphatic rings. The topological polar surface area (TPSA) is 69.0 Å². The predicted molar refractivity (Wildman–Crippen MR) is 93.2 cm³/mol. The number of hydrogen-bond acceptors (Lipinski definition) is 5. The number of nitrogens with one attached hydrogen (secondary N) is 1. The summed E-state index contributed by atoms with van der Waals surface area (Å²) in [5.41, 5.74) is 0.964. The number of nitrogens with zero attached hydrogens (tertiary/aromatic N) is 3. The molecule has 0 aliphatic heterocycles. The first kappa shape index (κ1) is 16.8. The Kier molecular flexibility index (Phi) is 5.40. The van der Waals surface area contributed by atoms with Gasteiger partial charge in [0, 0.05) is 24.6 Å². The van der Waals surface area contributed by atoms with Crippen LogP contribution in [0.1, 0.15) is 37.1 Å². The number of benzene rings is 1. The van der Waals surface area contributed by atoms with Gasteiger partial charge in [-0.3, -0.25) is 4.79 Å². The molecular formula is C17H22N4O2S. The van der Waals surface area contributed by atoms with Gasteiger partial charge in [0.1, 0.15) is 11.6 Å². The van der Waals surface area contributed by atoms with E-state index in [0.717, 1.165) is 28.8 Å². The van der Waals surface area contributed by atoms with Crippen molar-refractivity contribution in [1.29, 1.82) is 0 Å². The number of thioether (sulfide) groups is 1. The first-order valence-corrected chi connectivity index (χ1v) is 9.16. The molecule has 1 saturated carbocycles. The van der Waals surface area contributed by atoms with Crippen LogP contribution in [0.4, 0.5) is 0 Å². The smallest absolute Gasteiger partial charge is 0.230 e. The molecule has 2 aromatic rings. The van der Waals surface area contributed by atoms with Gasteiger partial charge in [0.25, 0.3) is 0 Å². The molecule has 0 atom stereocenters. The summed E-state index contributed by atoms with van der Waals surface area (Å²) in [5, 5.41) is 12.3. The van der Waals surface area contributed by atoms with Gasteiger partial charge in [0.2, 0.25) is 5.91 Å². The minimum Gasteiger partial charge on any atom is -0.496 e. The van der Waals surface area contributed by atoms with Crippen LogP contribution in [0.3, 0.4) is 0 Å². The lowest BCUT2D eigenvalue weighted by atomic mass is 10.2. The van der Waals surface area contributed by atoms with Crippen LogP contribution in [0.25, 0.3) is 0 Å². The molecule has 7 heteroatoms. The van der Waals surface area contributed by atoms with Crippen LogP contribution in [-0.2, 0) is 17.9 Å². The summed E-state index contributed by atoms with van der Waals surface area (Å²) in [6.07, 6.45) is 2.39. The fourth-order valence-corrected chi connectivity index (χ4v) is 3.41. The Morgan fingerprint density at radius 3 is 2.88 bits per heavy atom. The summed E-state index contributed by atoms with van der Waals surface area (Å²) < 4.78 is 7.41. The van der Waals surface area contributed by atoms with Gasteiger partial charge in [-0.25, -0.2) is 0 Å². The minimum atomic E-state index is -0.0236. The molecule has 1 aromatic carbocycles. The van der Waals surface area contributed by atoms with E-state index in [9.17, 15) is 4.79 Å². The molecule has 0 radical (unpaired) electrons. The van der Waals surface area contributed by atoms with Gasteiger partial charge in [0.15, 0.2) is 5.16 Å². The fraction of sp³-hybridized carbons (Fsp3) is 0.471. The van der Waals surface area contributed by atoms with Crippen molar-refractivity contribution >= 4 is 17.7 Å². The highest BCUT2D eigenvalue weighted by Gasteiger charge is 2.30. The Labute approximate surface area is 146 Å². The van der Waals surface area contributed by atoms with Gasteiger partial charge in [-0.1, -0.05) is 30.0 Å². The maximum atomic E-state index is 12.1. The van der Waals surface area contributed by atoms with Crippen LogP contribution < -0.4 is 10.1 Å². The minimum absolute atomic E-state index is 0.0236. The van der Waals surface area contributed by atoms with Gasteiger partial charge in [-0.15, -0.1) is 10.2 Å². The number of carbonyl (C=O) groups is 1. The molecule has 128 valence electrons. The van der Waals surface area contributed by atoms with Crippen LogP contribution in [-0.4, -0.2) is 33.5 Å². The van der Waals surface area contributed by atoms with Gasteiger partial charge < -0.3 is 14.6 Å². The average Bonchev–Trinajstić information content (AvgIpc) is 3.38. The Bertz CT molecular complexity index is 712. The zero-order valence-corrected chi connectivity index (χ0v) is 14.8. The van der Waals surface area contributed by atoms with E-state index < -0.39 is 0 Å². The van der Waals surface area contributed by atoms with Crippen molar-refractivity contribution in [3.05, 3.63) is 35.7 Å². The van der Waals surface area contributed by atoms with Gasteiger partial charge in [-0.05, 0) is 25.8 Å². The lowest BCUT2D eigenvalue weighted by Gasteiger charge is -2.10. The molecule has 0 unspecified atom stereocenters. The summed E-state index contributed by atoms with van der Waals surface area (Å²) >= 11 is 1.44. The van der Waals surface area contributed by atoms with Crippen LogP contribution in [0.2, 0.25) is 0 Å². The largest absolute Gasteiger partial charge is 0.496 e. The monoisotopic (exact) mass is 346 g/mol. The number of amides is 1. The highest BCUT2D eigenvalue weighted by molar-refractivity contribution is 7.99. The summed E-state index contributed by atoms with van der Waals surface area (Å²) in [7, 11) is 1.63. The molecule has 1 amide bonds. The van der Waals surface area contributed by atoms with E-state index >= 15 is 0 Å². The second-order valence-electron chi connectivity index (χ2n) is 5.74. The molecule has 6 nitrogen and oxygen atoms in total. The molecule has 0 spiro atoms. The van der Waals surface area contributed by atoms with E-state index in [1.807, 2.05) is 24.3 Å². The summed E-state index contributed by atoms with van der Waals surface area (Å²) in [6, 6.07) is 7.68. The molecule has 1 aromatic heterocycles. The van der Waals surface area contributed by atoms with Crippen molar-refractivity contribution in [3.63, 3.8) is 0 Å². The number of hydrogen-bond donors (Lipinski definition) is 1. The lowest BCUT2D eigenvalue weighted by molar-refractivity contribution is -0.118. The number of rotatable bonds is 8. The van der Waals surface area contributed by atoms with E-state index in [2.05, 4.69) is 27.0 Å². The number of ether oxygens (including phenoxy) is 1. The van der Waals surface area contributed by atoms with Crippen molar-refractivity contribution in [2.24, 2.45) is 0 Å². The maximum absolute atomic E-state index is 12.1. The van der Waals surface area contributed by atoms with Gasteiger partial charge >= 0.3 is 0 Å². The van der Waals surface area contributed by atoms with Gasteiger partial charge in [-0.2, -0.15) is 0 Å². The standard InChI is InChI=1S/C17H22N4O2S/c1-3-21-16(12-8-9-12)19-20-17(21)24-11-15(22)18-10-13-6-4-5-7-14(13)23-2/h4-7,12H,3,8-11H2,1-2H3,(H,18,22). The highest BCUT2D eigenvalue weighted by atomic mass is 32.2. The van der Waals surface area contributed by atoms with Crippen molar-refractivity contribution in [2.45, 2.75) is 43.9 Å². The van der Waals surface area contributed by atoms with Crippen LogP contribution >= 0.6 is 11.8 Å². The number of carbonyl (C=O) groups excluding carboxylic acids is 1. The Hall–Kier alpha value is -2.02. The van der Waals surface area contributed by atoms with Crippen molar-refractivity contribution < 1.29 is 9.53 Å². The lowest BCUT2D eigenvalue weighted by Crippen LogP contribution is -2.25. The summed E-state index contributed by atoms with van der Waals surface area (Å²) in [5.74, 6) is 2.72. The number of para-hydroxylation sites is 1. The van der Waals surface area contributed by atoms with E-state index in [1.165, 1.54) is 24.6 Å². The zero-order chi connectivity index (χ0) is 16.9. The van der Waals surface area contributed by atoms with Crippen LogP contribution in [0, 0.1) is 0 Å². The molecule has 3 rings (SSSR count). The average molecular weight is 346 g/mol. The van der Waals surface area contributed by atoms with Crippen LogP contribution in [0.15, 0.2) is 29.4 Å². The molecular weight excluding hydrogens is 324 g/mol. The molecule has 1 heterocycles. The highest BCUT2D eigenvalue weighted by Crippen LogP contribution is 2.39.